The van der Waals surface area contributed by atoms with Gasteiger partial charge in [0.15, 0.2) is 0 Å². The Bertz CT molecular complexity index is 1080. The molecular weight excluding hydrogens is 453 g/mol. The Balaban J connectivity index is 1.30. The van der Waals surface area contributed by atoms with Crippen LogP contribution in [-0.2, 0) is 14.8 Å². The summed E-state index contributed by atoms with van der Waals surface area (Å²) < 4.78 is 40.1. The quantitative estimate of drug-likeness (QED) is 0.658. The van der Waals surface area contributed by atoms with Crippen molar-refractivity contribution in [2.24, 2.45) is 11.8 Å². The van der Waals surface area contributed by atoms with E-state index in [0.717, 1.165) is 30.8 Å². The van der Waals surface area contributed by atoms with Gasteiger partial charge in [0.2, 0.25) is 15.9 Å². The van der Waals surface area contributed by atoms with Crippen LogP contribution in [0.25, 0.3) is 0 Å². The summed E-state index contributed by atoms with van der Waals surface area (Å²) in [5, 5.41) is 3.10. The maximum Gasteiger partial charge on any atom is 0.243 e. The Hall–Kier alpha value is -2.45. The normalized spacial score (nSPS) is 21.3. The average Bonchev–Trinajstić information content (AvgIpc) is 2.84. The van der Waals surface area contributed by atoms with Crippen molar-refractivity contribution >= 4 is 21.6 Å². The molecule has 0 bridgehead atoms. The van der Waals surface area contributed by atoms with E-state index in [1.165, 1.54) is 35.0 Å². The number of hydrogen-bond donors (Lipinski definition) is 1. The van der Waals surface area contributed by atoms with E-state index in [1.54, 1.807) is 0 Å². The van der Waals surface area contributed by atoms with E-state index < -0.39 is 15.8 Å². The monoisotopic (exact) mass is 487 g/mol. The van der Waals surface area contributed by atoms with Crippen LogP contribution >= 0.6 is 0 Å². The summed E-state index contributed by atoms with van der Waals surface area (Å²) in [7, 11) is -3.68. The van der Waals surface area contributed by atoms with E-state index in [9.17, 15) is 17.6 Å². The van der Waals surface area contributed by atoms with Crippen molar-refractivity contribution in [3.63, 3.8) is 0 Å². The fraction of sp³-hybridized carbons (Fsp3) is 0.500. The lowest BCUT2D eigenvalue weighted by Crippen LogP contribution is -2.43. The second-order valence-electron chi connectivity index (χ2n) is 9.65. The Morgan fingerprint density at radius 2 is 1.65 bits per heavy atom. The Morgan fingerprint density at radius 1 is 1.00 bits per heavy atom. The highest BCUT2D eigenvalue weighted by Crippen LogP contribution is 2.27. The third kappa shape index (κ3) is 5.61. The first-order valence-corrected chi connectivity index (χ1v) is 13.6. The molecule has 184 valence electrons. The van der Waals surface area contributed by atoms with Crippen LogP contribution in [0.4, 0.5) is 10.1 Å². The number of sulfonamides is 1. The van der Waals surface area contributed by atoms with E-state index in [4.69, 9.17) is 0 Å². The Morgan fingerprint density at radius 3 is 2.26 bits per heavy atom. The molecule has 0 saturated carbocycles. The van der Waals surface area contributed by atoms with Gasteiger partial charge in [-0.25, -0.2) is 12.8 Å². The van der Waals surface area contributed by atoms with Crippen LogP contribution < -0.4 is 10.2 Å². The van der Waals surface area contributed by atoms with E-state index >= 15 is 0 Å². The SMILES string of the molecule is CC1CCCN(c2ccc(C(C)NC(=O)C3CCN(S(=O)(=O)c4ccc(F)cc4)CC3)cc2)C1. The number of piperidine rings is 2. The summed E-state index contributed by atoms with van der Waals surface area (Å²) >= 11 is 0. The summed E-state index contributed by atoms with van der Waals surface area (Å²) in [5.41, 5.74) is 2.28. The third-order valence-corrected chi connectivity index (χ3v) is 8.96. The zero-order chi connectivity index (χ0) is 24.3. The minimum absolute atomic E-state index is 0.0414. The van der Waals surface area contributed by atoms with Crippen molar-refractivity contribution < 1.29 is 17.6 Å². The number of nitrogens with one attached hydrogen (secondary N) is 1. The summed E-state index contributed by atoms with van der Waals surface area (Å²) in [6.07, 6.45) is 3.43. The van der Waals surface area contributed by atoms with Gasteiger partial charge in [-0.05, 0) is 80.5 Å². The third-order valence-electron chi connectivity index (χ3n) is 7.05. The van der Waals surface area contributed by atoms with Gasteiger partial charge in [-0.3, -0.25) is 4.79 Å². The zero-order valence-corrected chi connectivity index (χ0v) is 20.7. The van der Waals surface area contributed by atoms with Crippen LogP contribution in [0, 0.1) is 17.7 Å². The minimum Gasteiger partial charge on any atom is -0.371 e. The number of benzene rings is 2. The molecule has 2 saturated heterocycles. The molecule has 2 aliphatic rings. The van der Waals surface area contributed by atoms with Gasteiger partial charge in [0.1, 0.15) is 5.82 Å². The predicted molar refractivity (Wildman–Crippen MR) is 131 cm³/mol. The topological polar surface area (TPSA) is 69.7 Å². The maximum absolute atomic E-state index is 13.1. The van der Waals surface area contributed by atoms with Gasteiger partial charge in [0, 0.05) is 37.8 Å². The van der Waals surface area contributed by atoms with E-state index in [0.29, 0.717) is 18.8 Å². The van der Waals surface area contributed by atoms with Gasteiger partial charge in [0.05, 0.1) is 10.9 Å². The van der Waals surface area contributed by atoms with Crippen LogP contribution in [-0.4, -0.2) is 44.8 Å². The highest BCUT2D eigenvalue weighted by molar-refractivity contribution is 7.89. The van der Waals surface area contributed by atoms with Gasteiger partial charge >= 0.3 is 0 Å². The van der Waals surface area contributed by atoms with Crippen molar-refractivity contribution in [2.45, 2.75) is 50.5 Å². The lowest BCUT2D eigenvalue weighted by Gasteiger charge is -2.33. The second-order valence-corrected chi connectivity index (χ2v) is 11.6. The molecule has 0 spiro atoms. The van der Waals surface area contributed by atoms with Gasteiger partial charge in [-0.2, -0.15) is 4.31 Å². The Labute approximate surface area is 202 Å². The first-order valence-electron chi connectivity index (χ1n) is 12.1. The molecule has 0 aliphatic carbocycles. The molecule has 2 aliphatic heterocycles. The highest BCUT2D eigenvalue weighted by atomic mass is 32.2. The average molecular weight is 488 g/mol. The molecule has 8 heteroatoms. The summed E-state index contributed by atoms with van der Waals surface area (Å²) in [5.74, 6) is -0.0283. The lowest BCUT2D eigenvalue weighted by molar-refractivity contribution is -0.126. The van der Waals surface area contributed by atoms with Gasteiger partial charge < -0.3 is 10.2 Å². The molecule has 6 nitrogen and oxygen atoms in total. The second kappa shape index (κ2) is 10.4. The molecule has 2 aromatic rings. The largest absolute Gasteiger partial charge is 0.371 e. The lowest BCUT2D eigenvalue weighted by atomic mass is 9.96. The van der Waals surface area contributed by atoms with Gasteiger partial charge in [-0.1, -0.05) is 19.1 Å². The van der Waals surface area contributed by atoms with E-state index in [2.05, 4.69) is 41.4 Å². The number of carbonyl (C=O) groups is 1. The number of rotatable bonds is 6. The zero-order valence-electron chi connectivity index (χ0n) is 19.9. The molecule has 2 unspecified atom stereocenters. The molecule has 4 rings (SSSR count). The molecular formula is C26H34FN3O3S. The molecule has 0 aromatic heterocycles. The van der Waals surface area contributed by atoms with Crippen molar-refractivity contribution in [3.8, 4) is 0 Å². The molecule has 1 N–H and O–H groups in total. The highest BCUT2D eigenvalue weighted by Gasteiger charge is 2.32. The van der Waals surface area contributed by atoms with Gasteiger partial charge in [-0.15, -0.1) is 0 Å². The predicted octanol–water partition coefficient (Wildman–Crippen LogP) is 4.34. The smallest absolute Gasteiger partial charge is 0.243 e. The maximum atomic E-state index is 13.1. The molecule has 2 atom stereocenters. The Kier molecular flexibility index (Phi) is 7.57. The van der Waals surface area contributed by atoms with Crippen molar-refractivity contribution in [3.05, 3.63) is 59.9 Å². The number of carbonyl (C=O) groups excluding carboxylic acids is 1. The standard InChI is InChI=1S/C26H34FN3O3S/c1-19-4-3-15-29(18-19)24-9-5-21(6-10-24)20(2)28-26(31)22-13-16-30(17-14-22)34(32,33)25-11-7-23(27)8-12-25/h5-12,19-20,22H,3-4,13-18H2,1-2H3,(H,28,31). The minimum atomic E-state index is -3.68. The summed E-state index contributed by atoms with van der Waals surface area (Å²) in [4.78, 5) is 15.4. The van der Waals surface area contributed by atoms with E-state index in [-0.39, 0.29) is 35.9 Å². The number of anilines is 1. The summed E-state index contributed by atoms with van der Waals surface area (Å²) in [6.45, 7) is 6.99. The van der Waals surface area contributed by atoms with Crippen molar-refractivity contribution in [1.29, 1.82) is 0 Å². The molecule has 2 heterocycles. The van der Waals surface area contributed by atoms with Crippen LogP contribution in [0.2, 0.25) is 0 Å². The van der Waals surface area contributed by atoms with Crippen LogP contribution in [0.1, 0.15) is 51.1 Å². The number of nitrogens with zero attached hydrogens (tertiary/aromatic N) is 2. The summed E-state index contributed by atoms with van der Waals surface area (Å²) in [6, 6.07) is 13.2. The van der Waals surface area contributed by atoms with Crippen LogP contribution in [0.15, 0.2) is 53.4 Å². The van der Waals surface area contributed by atoms with Crippen molar-refractivity contribution in [1.82, 2.24) is 9.62 Å². The van der Waals surface area contributed by atoms with E-state index in [1.807, 2.05) is 6.92 Å². The van der Waals surface area contributed by atoms with Crippen LogP contribution in [0.5, 0.6) is 0 Å². The number of halogens is 1. The molecule has 0 radical (unpaired) electrons. The van der Waals surface area contributed by atoms with Gasteiger partial charge in [0.25, 0.3) is 0 Å². The number of amides is 1. The molecule has 34 heavy (non-hydrogen) atoms. The molecule has 1 amide bonds. The fourth-order valence-corrected chi connectivity index (χ4v) is 6.40. The molecule has 2 aromatic carbocycles. The van der Waals surface area contributed by atoms with Crippen LogP contribution in [0.3, 0.4) is 0 Å². The first kappa shape index (κ1) is 24.7. The first-order chi connectivity index (χ1) is 16.2. The van der Waals surface area contributed by atoms with Crippen molar-refractivity contribution in [2.75, 3.05) is 31.1 Å². The fourth-order valence-electron chi connectivity index (χ4n) is 4.93. The molecule has 2 fully saturated rings. The number of hydrogen-bond acceptors (Lipinski definition) is 4.